The van der Waals surface area contributed by atoms with Gasteiger partial charge in [0.05, 0.1) is 11.0 Å². The van der Waals surface area contributed by atoms with Gasteiger partial charge in [-0.25, -0.2) is 8.42 Å². The maximum atomic E-state index is 13.3. The lowest BCUT2D eigenvalue weighted by atomic mass is 9.94. The molecule has 1 aromatic carbocycles. The largest absolute Gasteiger partial charge is 0.413 e. The van der Waals surface area contributed by atoms with Crippen LogP contribution in [0.15, 0.2) is 35.2 Å². The van der Waals surface area contributed by atoms with Gasteiger partial charge in [0, 0.05) is 12.3 Å². The Labute approximate surface area is 165 Å². The molecule has 0 N–H and O–H groups in total. The highest BCUT2D eigenvalue weighted by molar-refractivity contribution is 7.92. The minimum atomic E-state index is -3.72. The summed E-state index contributed by atoms with van der Waals surface area (Å²) in [6.45, 7) is 14.9. The van der Waals surface area contributed by atoms with Crippen LogP contribution in [-0.2, 0) is 19.1 Å². The second-order valence-corrected chi connectivity index (χ2v) is 16.5. The van der Waals surface area contributed by atoms with Crippen LogP contribution >= 0.6 is 0 Å². The molecule has 1 aliphatic carbocycles. The Hall–Kier alpha value is -0.983. The number of ketones is 1. The van der Waals surface area contributed by atoms with E-state index in [1.54, 1.807) is 30.3 Å². The molecule has 0 bridgehead atoms. The first kappa shape index (κ1) is 22.3. The fourth-order valence-electron chi connectivity index (χ4n) is 3.56. The summed E-state index contributed by atoms with van der Waals surface area (Å²) in [5.41, 5.74) is 0. The predicted octanol–water partition coefficient (Wildman–Crippen LogP) is 4.85. The van der Waals surface area contributed by atoms with Gasteiger partial charge in [-0.1, -0.05) is 52.8 Å². The predicted molar refractivity (Wildman–Crippen MR) is 112 cm³/mol. The Balaban J connectivity index is 2.42. The lowest BCUT2D eigenvalue weighted by molar-refractivity contribution is -0.117. The van der Waals surface area contributed by atoms with Gasteiger partial charge in [-0.15, -0.1) is 0 Å². The van der Waals surface area contributed by atoms with Crippen molar-refractivity contribution in [2.24, 2.45) is 11.8 Å². The molecule has 0 amide bonds. The molecule has 1 aromatic rings. The third kappa shape index (κ3) is 4.72. The summed E-state index contributed by atoms with van der Waals surface area (Å²) in [4.78, 5) is 13.1. The highest BCUT2D eigenvalue weighted by Gasteiger charge is 2.52. The molecule has 0 radical (unpaired) electrons. The molecule has 0 saturated heterocycles. The highest BCUT2D eigenvalue weighted by atomic mass is 32.2. The van der Waals surface area contributed by atoms with Gasteiger partial charge >= 0.3 is 0 Å². The van der Waals surface area contributed by atoms with Crippen molar-refractivity contribution in [1.29, 1.82) is 0 Å². The van der Waals surface area contributed by atoms with E-state index in [1.165, 1.54) is 0 Å². The van der Waals surface area contributed by atoms with Crippen LogP contribution < -0.4 is 0 Å². The van der Waals surface area contributed by atoms with E-state index in [2.05, 4.69) is 47.7 Å². The maximum Gasteiger partial charge on any atom is 0.192 e. The number of rotatable bonds is 6. The van der Waals surface area contributed by atoms with Crippen molar-refractivity contribution in [3.05, 3.63) is 30.3 Å². The van der Waals surface area contributed by atoms with Gasteiger partial charge in [0.15, 0.2) is 23.9 Å². The van der Waals surface area contributed by atoms with Crippen molar-refractivity contribution in [1.82, 2.24) is 0 Å². The van der Waals surface area contributed by atoms with Crippen LogP contribution in [0.25, 0.3) is 0 Å². The van der Waals surface area contributed by atoms with Crippen LogP contribution in [0.2, 0.25) is 18.1 Å². The van der Waals surface area contributed by atoms with E-state index in [0.717, 1.165) is 0 Å². The molecular formula is C21H34O4SSi. The monoisotopic (exact) mass is 410 g/mol. The fraction of sp³-hybridized carbons (Fsp3) is 0.667. The summed E-state index contributed by atoms with van der Waals surface area (Å²) < 4.78 is 33.1. The molecule has 1 aliphatic rings. The van der Waals surface area contributed by atoms with Crippen LogP contribution in [0, 0.1) is 11.8 Å². The van der Waals surface area contributed by atoms with Crippen molar-refractivity contribution in [3.63, 3.8) is 0 Å². The zero-order chi connectivity index (χ0) is 20.6. The second-order valence-electron chi connectivity index (χ2n) is 9.66. The third-order valence-electron chi connectivity index (χ3n) is 5.99. The first-order valence-corrected chi connectivity index (χ1v) is 14.2. The van der Waals surface area contributed by atoms with Crippen LogP contribution in [0.1, 0.15) is 47.5 Å². The summed E-state index contributed by atoms with van der Waals surface area (Å²) >= 11 is 0. The molecule has 0 aromatic heterocycles. The zero-order valence-electron chi connectivity index (χ0n) is 17.7. The molecule has 0 heterocycles. The smallest absolute Gasteiger partial charge is 0.192 e. The quantitative estimate of drug-likeness (QED) is 0.629. The SMILES string of the molecule is CC(C)C[C@H]1[C@@H](O[Si](C)(C)C(C)(C)C)CC(=O)[C@@H]1S(=O)(=O)c1ccccc1. The molecule has 4 nitrogen and oxygen atoms in total. The van der Waals surface area contributed by atoms with E-state index in [9.17, 15) is 13.2 Å². The van der Waals surface area contributed by atoms with Gasteiger partial charge in [-0.05, 0) is 42.6 Å². The van der Waals surface area contributed by atoms with Gasteiger partial charge in [-0.2, -0.15) is 0 Å². The van der Waals surface area contributed by atoms with Crippen LogP contribution in [0.3, 0.4) is 0 Å². The summed E-state index contributed by atoms with van der Waals surface area (Å²) in [5, 5.41) is -0.994. The topological polar surface area (TPSA) is 60.4 Å². The van der Waals surface area contributed by atoms with E-state index < -0.39 is 23.4 Å². The molecular weight excluding hydrogens is 376 g/mol. The molecule has 6 heteroatoms. The van der Waals surface area contributed by atoms with Gasteiger partial charge in [0.2, 0.25) is 0 Å². The van der Waals surface area contributed by atoms with Gasteiger partial charge < -0.3 is 4.43 Å². The minimum Gasteiger partial charge on any atom is -0.413 e. The number of sulfone groups is 1. The fourth-order valence-corrected chi connectivity index (χ4v) is 6.95. The number of hydrogen-bond acceptors (Lipinski definition) is 4. The van der Waals surface area contributed by atoms with E-state index >= 15 is 0 Å². The average molecular weight is 411 g/mol. The summed E-state index contributed by atoms with van der Waals surface area (Å²) in [7, 11) is -5.83. The average Bonchev–Trinajstić information content (AvgIpc) is 2.81. The summed E-state index contributed by atoms with van der Waals surface area (Å²) in [5.74, 6) is -0.204. The van der Waals surface area contributed by atoms with Gasteiger partial charge in [0.25, 0.3) is 0 Å². The minimum absolute atomic E-state index is 0.00875. The Bertz CT molecular complexity index is 763. The lowest BCUT2D eigenvalue weighted by Gasteiger charge is -2.40. The van der Waals surface area contributed by atoms with Crippen molar-refractivity contribution in [2.75, 3.05) is 0 Å². The van der Waals surface area contributed by atoms with Crippen LogP contribution in [0.4, 0.5) is 0 Å². The van der Waals surface area contributed by atoms with E-state index in [1.807, 2.05) is 0 Å². The number of Topliss-reactive ketones (excluding diaryl/α,β-unsaturated/α-hetero) is 1. The standard InChI is InChI=1S/C21H34O4SSi/c1-15(2)13-17-19(25-27(6,7)21(3,4)5)14-18(22)20(17)26(23,24)16-11-9-8-10-12-16/h8-12,15,17,19-20H,13-14H2,1-7H3/t17-,19-,20+/m0/s1. The molecule has 27 heavy (non-hydrogen) atoms. The van der Waals surface area contributed by atoms with Gasteiger partial charge in [-0.3, -0.25) is 4.79 Å². The van der Waals surface area contributed by atoms with Crippen molar-refractivity contribution in [3.8, 4) is 0 Å². The Morgan fingerprint density at radius 2 is 1.70 bits per heavy atom. The van der Waals surface area contributed by atoms with E-state index in [-0.39, 0.29) is 34.2 Å². The molecule has 2 rings (SSSR count). The van der Waals surface area contributed by atoms with E-state index in [4.69, 9.17) is 4.43 Å². The van der Waals surface area contributed by atoms with E-state index in [0.29, 0.717) is 12.3 Å². The first-order valence-electron chi connectivity index (χ1n) is 9.77. The van der Waals surface area contributed by atoms with Crippen molar-refractivity contribution in [2.45, 2.75) is 81.8 Å². The molecule has 3 atom stereocenters. The maximum absolute atomic E-state index is 13.3. The number of hydrogen-bond donors (Lipinski definition) is 0. The van der Waals surface area contributed by atoms with Crippen molar-refractivity contribution >= 4 is 23.9 Å². The molecule has 1 saturated carbocycles. The lowest BCUT2D eigenvalue weighted by Crippen LogP contribution is -2.46. The number of benzene rings is 1. The molecule has 0 unspecified atom stereocenters. The molecule has 0 aliphatic heterocycles. The summed E-state index contributed by atoms with van der Waals surface area (Å²) in [6, 6.07) is 8.35. The normalized spacial score (nSPS) is 24.6. The number of carbonyl (C=O) groups excluding carboxylic acids is 1. The first-order chi connectivity index (χ1) is 12.3. The summed E-state index contributed by atoms with van der Waals surface area (Å²) in [6.07, 6.45) is 0.548. The Morgan fingerprint density at radius 1 is 1.15 bits per heavy atom. The molecule has 0 spiro atoms. The number of carbonyl (C=O) groups is 1. The second kappa shape index (κ2) is 7.80. The Morgan fingerprint density at radius 3 is 2.19 bits per heavy atom. The zero-order valence-corrected chi connectivity index (χ0v) is 19.5. The van der Waals surface area contributed by atoms with Crippen molar-refractivity contribution < 1.29 is 17.6 Å². The van der Waals surface area contributed by atoms with Gasteiger partial charge in [0.1, 0.15) is 5.25 Å². The third-order valence-corrected chi connectivity index (χ3v) is 12.7. The molecule has 152 valence electrons. The van der Waals surface area contributed by atoms with Crippen LogP contribution in [-0.4, -0.2) is 33.9 Å². The Kier molecular flexibility index (Phi) is 6.44. The highest BCUT2D eigenvalue weighted by Crippen LogP contribution is 2.43. The molecule has 1 fully saturated rings. The van der Waals surface area contributed by atoms with Crippen LogP contribution in [0.5, 0.6) is 0 Å².